The van der Waals surface area contributed by atoms with Crippen LogP contribution in [0.5, 0.6) is 0 Å². The zero-order valence-electron chi connectivity index (χ0n) is 13.6. The van der Waals surface area contributed by atoms with Crippen molar-refractivity contribution < 1.29 is 4.74 Å². The van der Waals surface area contributed by atoms with E-state index in [1.807, 2.05) is 42.1 Å². The summed E-state index contributed by atoms with van der Waals surface area (Å²) in [6.45, 7) is 4.52. The lowest BCUT2D eigenvalue weighted by Crippen LogP contribution is -2.57. The van der Waals surface area contributed by atoms with Crippen LogP contribution in [-0.4, -0.2) is 75.0 Å². The van der Waals surface area contributed by atoms with Gasteiger partial charge in [0.2, 0.25) is 5.95 Å². The Morgan fingerprint density at radius 2 is 2.04 bits per heavy atom. The van der Waals surface area contributed by atoms with Gasteiger partial charge in [-0.25, -0.2) is 0 Å². The second kappa shape index (κ2) is 7.08. The van der Waals surface area contributed by atoms with Crippen molar-refractivity contribution in [2.45, 2.75) is 12.0 Å². The Labute approximate surface area is 145 Å². The van der Waals surface area contributed by atoms with Crippen LogP contribution in [-0.2, 0) is 4.74 Å². The molecule has 1 atom stereocenters. The third-order valence-corrected chi connectivity index (χ3v) is 6.04. The lowest BCUT2D eigenvalue weighted by molar-refractivity contribution is -0.00926. The van der Waals surface area contributed by atoms with Gasteiger partial charge in [-0.2, -0.15) is 16.4 Å². The Morgan fingerprint density at radius 1 is 1.21 bits per heavy atom. The van der Waals surface area contributed by atoms with E-state index in [-0.39, 0.29) is 5.54 Å². The minimum Gasteiger partial charge on any atom is -0.379 e. The molecular formula is C16H22N6OS. The van der Waals surface area contributed by atoms with Crippen molar-refractivity contribution in [3.63, 3.8) is 0 Å². The first-order valence-electron chi connectivity index (χ1n) is 8.36. The van der Waals surface area contributed by atoms with Gasteiger partial charge in [-0.05, 0) is 34.7 Å². The molecule has 2 aliphatic rings. The van der Waals surface area contributed by atoms with Crippen molar-refractivity contribution >= 4 is 17.7 Å². The number of ether oxygens (including phenoxy) is 1. The van der Waals surface area contributed by atoms with Crippen molar-refractivity contribution in [1.82, 2.24) is 25.1 Å². The summed E-state index contributed by atoms with van der Waals surface area (Å²) in [6.07, 6.45) is 1.19. The molecule has 0 unspecified atom stereocenters. The predicted octanol–water partition coefficient (Wildman–Crippen LogP) is 1.28. The van der Waals surface area contributed by atoms with Crippen LogP contribution in [0.15, 0.2) is 30.3 Å². The van der Waals surface area contributed by atoms with Gasteiger partial charge in [0.1, 0.15) is 0 Å². The van der Waals surface area contributed by atoms with Crippen LogP contribution >= 0.6 is 11.8 Å². The molecule has 4 rings (SSSR count). The molecule has 0 radical (unpaired) electrons. The fourth-order valence-electron chi connectivity index (χ4n) is 3.42. The fourth-order valence-corrected chi connectivity index (χ4v) is 4.90. The minimum absolute atomic E-state index is 0.169. The number of hydrogen-bond acceptors (Lipinski definition) is 7. The van der Waals surface area contributed by atoms with E-state index < -0.39 is 0 Å². The highest BCUT2D eigenvalue weighted by atomic mass is 32.2. The van der Waals surface area contributed by atoms with Crippen molar-refractivity contribution in [2.24, 2.45) is 0 Å². The van der Waals surface area contributed by atoms with E-state index in [1.54, 1.807) is 4.68 Å². The number of nitrogens with zero attached hydrogens (tertiary/aromatic N) is 5. The number of anilines is 1. The number of morpholine rings is 1. The molecule has 3 heterocycles. The van der Waals surface area contributed by atoms with Gasteiger partial charge >= 0.3 is 0 Å². The SMILES string of the molecule is c1ccc(-n2nnnc2NC[C@]2(N3CCOCC3)CCSC2)cc1. The summed E-state index contributed by atoms with van der Waals surface area (Å²) in [5, 5.41) is 15.6. The number of tetrazole rings is 1. The molecule has 0 amide bonds. The Kier molecular flexibility index (Phi) is 4.68. The summed E-state index contributed by atoms with van der Waals surface area (Å²) in [4.78, 5) is 2.58. The molecule has 24 heavy (non-hydrogen) atoms. The predicted molar refractivity (Wildman–Crippen MR) is 94.7 cm³/mol. The van der Waals surface area contributed by atoms with Gasteiger partial charge in [0, 0.05) is 30.9 Å². The maximum Gasteiger partial charge on any atom is 0.247 e. The number of rotatable bonds is 5. The maximum absolute atomic E-state index is 5.53. The molecule has 128 valence electrons. The molecule has 2 aliphatic heterocycles. The molecule has 1 aromatic heterocycles. The van der Waals surface area contributed by atoms with Gasteiger partial charge in [0.25, 0.3) is 0 Å². The summed E-state index contributed by atoms with van der Waals surface area (Å²) < 4.78 is 7.29. The molecule has 2 aromatic rings. The van der Waals surface area contributed by atoms with E-state index in [0.717, 1.165) is 44.3 Å². The Bertz CT molecular complexity index is 652. The van der Waals surface area contributed by atoms with Crippen LogP contribution in [0.2, 0.25) is 0 Å². The van der Waals surface area contributed by atoms with E-state index >= 15 is 0 Å². The second-order valence-corrected chi connectivity index (χ2v) is 7.33. The van der Waals surface area contributed by atoms with E-state index in [1.165, 1.54) is 12.2 Å². The third-order valence-electron chi connectivity index (χ3n) is 4.81. The van der Waals surface area contributed by atoms with Gasteiger partial charge < -0.3 is 10.1 Å². The molecule has 1 aromatic carbocycles. The summed E-state index contributed by atoms with van der Waals surface area (Å²) in [5.41, 5.74) is 1.13. The molecule has 0 spiro atoms. The Morgan fingerprint density at radius 3 is 2.79 bits per heavy atom. The molecule has 7 nitrogen and oxygen atoms in total. The van der Waals surface area contributed by atoms with Gasteiger partial charge in [-0.15, -0.1) is 0 Å². The van der Waals surface area contributed by atoms with Crippen molar-refractivity contribution in [3.05, 3.63) is 30.3 Å². The molecule has 2 saturated heterocycles. The number of nitrogens with one attached hydrogen (secondary N) is 1. The standard InChI is InChI=1S/C16H22N6OS/c1-2-4-14(5-3-1)22-15(18-19-20-22)17-12-16(6-11-24-13-16)21-7-9-23-10-8-21/h1-5H,6-13H2,(H,17,18,20)/t16-/m1/s1. The summed E-state index contributed by atoms with van der Waals surface area (Å²) in [5.74, 6) is 3.06. The summed E-state index contributed by atoms with van der Waals surface area (Å²) >= 11 is 2.03. The number of para-hydroxylation sites is 1. The smallest absolute Gasteiger partial charge is 0.247 e. The second-order valence-electron chi connectivity index (χ2n) is 6.23. The first-order valence-corrected chi connectivity index (χ1v) is 9.51. The van der Waals surface area contributed by atoms with Gasteiger partial charge in [0.15, 0.2) is 0 Å². The average Bonchev–Trinajstić information content (AvgIpc) is 3.32. The van der Waals surface area contributed by atoms with Crippen molar-refractivity contribution in [3.8, 4) is 5.69 Å². The minimum atomic E-state index is 0.169. The lowest BCUT2D eigenvalue weighted by Gasteiger charge is -2.43. The van der Waals surface area contributed by atoms with E-state index in [9.17, 15) is 0 Å². The lowest BCUT2D eigenvalue weighted by atomic mass is 9.95. The van der Waals surface area contributed by atoms with Crippen LogP contribution in [0, 0.1) is 0 Å². The largest absolute Gasteiger partial charge is 0.379 e. The van der Waals surface area contributed by atoms with E-state index in [4.69, 9.17) is 4.74 Å². The molecule has 1 N–H and O–H groups in total. The van der Waals surface area contributed by atoms with Crippen molar-refractivity contribution in [1.29, 1.82) is 0 Å². The number of thioether (sulfide) groups is 1. The topological polar surface area (TPSA) is 68.1 Å². The highest BCUT2D eigenvalue weighted by Gasteiger charge is 2.40. The zero-order chi connectivity index (χ0) is 16.2. The van der Waals surface area contributed by atoms with Gasteiger partial charge in [0.05, 0.1) is 18.9 Å². The summed E-state index contributed by atoms with van der Waals surface area (Å²) in [6, 6.07) is 9.98. The maximum atomic E-state index is 5.53. The highest BCUT2D eigenvalue weighted by Crippen LogP contribution is 2.34. The van der Waals surface area contributed by atoms with Crippen LogP contribution in [0.1, 0.15) is 6.42 Å². The highest BCUT2D eigenvalue weighted by molar-refractivity contribution is 7.99. The molecule has 0 bridgehead atoms. The first-order chi connectivity index (χ1) is 11.9. The Balaban J connectivity index is 1.50. The zero-order valence-corrected chi connectivity index (χ0v) is 14.4. The average molecular weight is 346 g/mol. The Hall–Kier alpha value is -1.64. The van der Waals surface area contributed by atoms with Crippen LogP contribution < -0.4 is 5.32 Å². The number of benzene rings is 1. The number of hydrogen-bond donors (Lipinski definition) is 1. The van der Waals surface area contributed by atoms with E-state index in [2.05, 4.69) is 25.7 Å². The monoisotopic (exact) mass is 346 g/mol. The number of aromatic nitrogens is 4. The van der Waals surface area contributed by atoms with Gasteiger partial charge in [-0.1, -0.05) is 23.3 Å². The van der Waals surface area contributed by atoms with Gasteiger partial charge in [-0.3, -0.25) is 4.90 Å². The fraction of sp³-hybridized carbons (Fsp3) is 0.562. The quantitative estimate of drug-likeness (QED) is 0.875. The van der Waals surface area contributed by atoms with Crippen LogP contribution in [0.3, 0.4) is 0 Å². The van der Waals surface area contributed by atoms with E-state index in [0.29, 0.717) is 5.95 Å². The normalized spacial score (nSPS) is 25.0. The summed E-state index contributed by atoms with van der Waals surface area (Å²) in [7, 11) is 0. The molecule has 2 fully saturated rings. The van der Waals surface area contributed by atoms with Crippen molar-refractivity contribution in [2.75, 3.05) is 49.7 Å². The molecule has 0 saturated carbocycles. The molecule has 8 heteroatoms. The first kappa shape index (κ1) is 15.9. The van der Waals surface area contributed by atoms with Crippen LogP contribution in [0.4, 0.5) is 5.95 Å². The van der Waals surface area contributed by atoms with Crippen LogP contribution in [0.25, 0.3) is 5.69 Å². The third kappa shape index (κ3) is 3.13. The molecule has 0 aliphatic carbocycles. The molecular weight excluding hydrogens is 324 g/mol.